The number of rotatable bonds is 4. The number of methoxy groups -OCH3 is 1. The standard InChI is InChI=1S/C15H19BrClNO2/c1-20-11-6-7-13(16)12(8-11)15(19)18-14-5-3-2-4-10(14)9-17/h6-8,10,14H,2-5,9H2,1H3,(H,18,19). The first-order valence-corrected chi connectivity index (χ1v) is 8.19. The van der Waals surface area contributed by atoms with Crippen LogP contribution in [0.1, 0.15) is 36.0 Å². The van der Waals surface area contributed by atoms with Crippen LogP contribution in [-0.2, 0) is 0 Å². The first-order valence-electron chi connectivity index (χ1n) is 6.86. The molecular formula is C15H19BrClNO2. The molecule has 1 amide bonds. The topological polar surface area (TPSA) is 38.3 Å². The predicted octanol–water partition coefficient (Wildman–Crippen LogP) is 3.99. The summed E-state index contributed by atoms with van der Waals surface area (Å²) >= 11 is 9.42. The van der Waals surface area contributed by atoms with E-state index in [-0.39, 0.29) is 11.9 Å². The second kappa shape index (κ2) is 7.32. The van der Waals surface area contributed by atoms with Crippen molar-refractivity contribution in [2.24, 2.45) is 5.92 Å². The average molecular weight is 361 g/mol. The molecule has 1 saturated carbocycles. The molecule has 110 valence electrons. The van der Waals surface area contributed by atoms with Crippen molar-refractivity contribution in [3.05, 3.63) is 28.2 Å². The Morgan fingerprint density at radius 1 is 1.45 bits per heavy atom. The minimum absolute atomic E-state index is 0.0715. The van der Waals surface area contributed by atoms with Crippen LogP contribution in [0.3, 0.4) is 0 Å². The van der Waals surface area contributed by atoms with Crippen LogP contribution in [0, 0.1) is 5.92 Å². The van der Waals surface area contributed by atoms with Crippen LogP contribution in [0.5, 0.6) is 5.75 Å². The van der Waals surface area contributed by atoms with Crippen molar-refractivity contribution in [2.75, 3.05) is 13.0 Å². The number of hydrogen-bond donors (Lipinski definition) is 1. The van der Waals surface area contributed by atoms with Gasteiger partial charge in [-0.15, -0.1) is 11.6 Å². The van der Waals surface area contributed by atoms with Crippen molar-refractivity contribution in [2.45, 2.75) is 31.7 Å². The van der Waals surface area contributed by atoms with E-state index in [0.717, 1.165) is 23.7 Å². The van der Waals surface area contributed by atoms with Gasteiger partial charge in [0.2, 0.25) is 0 Å². The van der Waals surface area contributed by atoms with E-state index >= 15 is 0 Å². The zero-order valence-electron chi connectivity index (χ0n) is 11.5. The van der Waals surface area contributed by atoms with Crippen molar-refractivity contribution < 1.29 is 9.53 Å². The molecule has 1 aliphatic rings. The van der Waals surface area contributed by atoms with Crippen LogP contribution in [0.4, 0.5) is 0 Å². The van der Waals surface area contributed by atoms with Gasteiger partial charge < -0.3 is 10.1 Å². The Balaban J connectivity index is 2.11. The molecule has 1 aromatic rings. The summed E-state index contributed by atoms with van der Waals surface area (Å²) in [5.74, 6) is 1.58. The minimum Gasteiger partial charge on any atom is -0.497 e. The molecule has 0 bridgehead atoms. The third kappa shape index (κ3) is 3.67. The van der Waals surface area contributed by atoms with Gasteiger partial charge in [-0.2, -0.15) is 0 Å². The Hall–Kier alpha value is -0.740. The molecule has 2 unspecified atom stereocenters. The highest BCUT2D eigenvalue weighted by Crippen LogP contribution is 2.27. The predicted molar refractivity (Wildman–Crippen MR) is 84.6 cm³/mol. The van der Waals surface area contributed by atoms with Crippen LogP contribution in [0.2, 0.25) is 0 Å². The maximum absolute atomic E-state index is 12.4. The van der Waals surface area contributed by atoms with Crippen LogP contribution in [0.25, 0.3) is 0 Å². The van der Waals surface area contributed by atoms with Crippen molar-refractivity contribution in [3.8, 4) is 5.75 Å². The first-order chi connectivity index (χ1) is 9.65. The molecule has 3 nitrogen and oxygen atoms in total. The van der Waals surface area contributed by atoms with E-state index in [1.165, 1.54) is 6.42 Å². The van der Waals surface area contributed by atoms with E-state index in [0.29, 0.717) is 23.1 Å². The average Bonchev–Trinajstić information content (AvgIpc) is 2.48. The van der Waals surface area contributed by atoms with Crippen LogP contribution < -0.4 is 10.1 Å². The zero-order valence-corrected chi connectivity index (χ0v) is 13.8. The number of benzene rings is 1. The lowest BCUT2D eigenvalue weighted by Gasteiger charge is -2.31. The fourth-order valence-corrected chi connectivity index (χ4v) is 3.43. The van der Waals surface area contributed by atoms with E-state index in [4.69, 9.17) is 16.3 Å². The Morgan fingerprint density at radius 2 is 2.20 bits per heavy atom. The summed E-state index contributed by atoms with van der Waals surface area (Å²) in [6.45, 7) is 0. The molecule has 2 atom stereocenters. The normalized spacial score (nSPS) is 22.4. The largest absolute Gasteiger partial charge is 0.497 e. The molecule has 0 saturated heterocycles. The lowest BCUT2D eigenvalue weighted by Crippen LogP contribution is -2.42. The Kier molecular flexibility index (Phi) is 5.73. The van der Waals surface area contributed by atoms with Gasteiger partial charge in [0, 0.05) is 16.4 Å². The molecule has 5 heteroatoms. The smallest absolute Gasteiger partial charge is 0.252 e. The van der Waals surface area contributed by atoms with Gasteiger partial charge in [-0.1, -0.05) is 12.8 Å². The van der Waals surface area contributed by atoms with Crippen molar-refractivity contribution in [1.82, 2.24) is 5.32 Å². The number of alkyl halides is 1. The number of ether oxygens (including phenoxy) is 1. The highest BCUT2D eigenvalue weighted by Gasteiger charge is 2.26. The molecular weight excluding hydrogens is 342 g/mol. The van der Waals surface area contributed by atoms with Gasteiger partial charge in [0.1, 0.15) is 5.75 Å². The van der Waals surface area contributed by atoms with Gasteiger partial charge >= 0.3 is 0 Å². The molecule has 0 radical (unpaired) electrons. The monoisotopic (exact) mass is 359 g/mol. The van der Waals surface area contributed by atoms with Gasteiger partial charge in [0.25, 0.3) is 5.91 Å². The maximum atomic E-state index is 12.4. The number of amides is 1. The third-order valence-electron chi connectivity index (χ3n) is 3.84. The van der Waals surface area contributed by atoms with Crippen molar-refractivity contribution in [3.63, 3.8) is 0 Å². The number of halogens is 2. The second-order valence-electron chi connectivity index (χ2n) is 5.12. The molecule has 0 spiro atoms. The van der Waals surface area contributed by atoms with Gasteiger partial charge in [0.15, 0.2) is 0 Å². The summed E-state index contributed by atoms with van der Waals surface area (Å²) in [5, 5.41) is 3.12. The van der Waals surface area contributed by atoms with Crippen LogP contribution in [-0.4, -0.2) is 24.9 Å². The molecule has 2 rings (SSSR count). The SMILES string of the molecule is COc1ccc(Br)c(C(=O)NC2CCCCC2CCl)c1. The fourth-order valence-electron chi connectivity index (χ4n) is 2.63. The maximum Gasteiger partial charge on any atom is 0.252 e. The lowest BCUT2D eigenvalue weighted by atomic mass is 9.85. The number of carbonyl (C=O) groups excluding carboxylic acids is 1. The summed E-state index contributed by atoms with van der Waals surface area (Å²) < 4.78 is 5.94. The Morgan fingerprint density at radius 3 is 2.90 bits per heavy atom. The summed E-state index contributed by atoms with van der Waals surface area (Å²) in [4.78, 5) is 12.4. The van der Waals surface area contributed by atoms with Gasteiger partial charge in [-0.3, -0.25) is 4.79 Å². The quantitative estimate of drug-likeness (QED) is 0.825. The van der Waals surface area contributed by atoms with E-state index in [9.17, 15) is 4.79 Å². The lowest BCUT2D eigenvalue weighted by molar-refractivity contribution is 0.0910. The van der Waals surface area contributed by atoms with Crippen LogP contribution in [0.15, 0.2) is 22.7 Å². The van der Waals surface area contributed by atoms with E-state index in [1.807, 2.05) is 12.1 Å². The van der Waals surface area contributed by atoms with Crippen molar-refractivity contribution >= 4 is 33.4 Å². The molecule has 1 aromatic carbocycles. The molecule has 1 fully saturated rings. The van der Waals surface area contributed by atoms with Gasteiger partial charge in [-0.25, -0.2) is 0 Å². The summed E-state index contributed by atoms with van der Waals surface area (Å²) in [6.07, 6.45) is 4.45. The second-order valence-corrected chi connectivity index (χ2v) is 6.29. The Bertz CT molecular complexity index is 481. The molecule has 0 aromatic heterocycles. The van der Waals surface area contributed by atoms with Crippen LogP contribution >= 0.6 is 27.5 Å². The van der Waals surface area contributed by atoms with E-state index < -0.39 is 0 Å². The molecule has 1 N–H and O–H groups in total. The summed E-state index contributed by atoms with van der Waals surface area (Å²) in [6, 6.07) is 5.57. The number of nitrogens with one attached hydrogen (secondary N) is 1. The molecule has 0 aliphatic heterocycles. The molecule has 0 heterocycles. The van der Waals surface area contributed by atoms with E-state index in [2.05, 4.69) is 21.2 Å². The van der Waals surface area contributed by atoms with Gasteiger partial charge in [0.05, 0.1) is 12.7 Å². The zero-order chi connectivity index (χ0) is 14.5. The van der Waals surface area contributed by atoms with E-state index in [1.54, 1.807) is 13.2 Å². The highest BCUT2D eigenvalue weighted by molar-refractivity contribution is 9.10. The minimum atomic E-state index is -0.0715. The summed E-state index contributed by atoms with van der Waals surface area (Å²) in [7, 11) is 1.59. The third-order valence-corrected chi connectivity index (χ3v) is 4.93. The fraction of sp³-hybridized carbons (Fsp3) is 0.533. The summed E-state index contributed by atoms with van der Waals surface area (Å²) in [5.41, 5.74) is 0.600. The molecule has 20 heavy (non-hydrogen) atoms. The molecule has 1 aliphatic carbocycles. The number of hydrogen-bond acceptors (Lipinski definition) is 2. The Labute approximate surface area is 133 Å². The highest BCUT2D eigenvalue weighted by atomic mass is 79.9. The van der Waals surface area contributed by atoms with Gasteiger partial charge in [-0.05, 0) is 52.9 Å². The van der Waals surface area contributed by atoms with Crippen molar-refractivity contribution in [1.29, 1.82) is 0 Å². The first kappa shape index (κ1) is 15.6. The number of carbonyl (C=O) groups is 1.